The summed E-state index contributed by atoms with van der Waals surface area (Å²) >= 11 is 0. The normalized spacial score (nSPS) is 15.9. The maximum atomic E-state index is 10.7. The quantitative estimate of drug-likeness (QED) is 0.640. The highest BCUT2D eigenvalue weighted by molar-refractivity contribution is 7.86. The monoisotopic (exact) mass is 303 g/mol. The van der Waals surface area contributed by atoms with E-state index in [9.17, 15) is 13.2 Å². The van der Waals surface area contributed by atoms with Gasteiger partial charge in [0.05, 0.1) is 0 Å². The maximum absolute atomic E-state index is 10.7. The van der Waals surface area contributed by atoms with Gasteiger partial charge in [0.15, 0.2) is 0 Å². The molecule has 0 saturated heterocycles. The lowest BCUT2D eigenvalue weighted by Gasteiger charge is -2.13. The summed E-state index contributed by atoms with van der Waals surface area (Å²) in [5, 5.41) is 0. The number of hydrogen-bond donors (Lipinski definition) is 1. The van der Waals surface area contributed by atoms with Crippen LogP contribution < -0.4 is 0 Å². The van der Waals surface area contributed by atoms with Crippen molar-refractivity contribution in [2.75, 3.05) is 13.1 Å². The Hall–Kier alpha value is -0.760. The molecule has 0 spiro atoms. The molecular formula is C11H20F3NO3S. The van der Waals surface area contributed by atoms with Gasteiger partial charge in [-0.25, -0.2) is 0 Å². The molecule has 0 aliphatic carbocycles. The van der Waals surface area contributed by atoms with Gasteiger partial charge >= 0.3 is 15.6 Å². The summed E-state index contributed by atoms with van der Waals surface area (Å²) in [6.45, 7) is 7.03. The van der Waals surface area contributed by atoms with Crippen LogP contribution in [-0.2, 0) is 10.1 Å². The Kier molecular flexibility index (Phi) is 7.43. The van der Waals surface area contributed by atoms with Gasteiger partial charge in [0, 0.05) is 13.1 Å². The maximum Gasteiger partial charge on any atom is 0.522 e. The number of hydrogen-bond acceptors (Lipinski definition) is 3. The molecule has 0 aromatic rings. The van der Waals surface area contributed by atoms with Crippen LogP contribution in [0.5, 0.6) is 0 Å². The third-order valence-electron chi connectivity index (χ3n) is 2.63. The lowest BCUT2D eigenvalue weighted by molar-refractivity contribution is -0.0510. The van der Waals surface area contributed by atoms with Gasteiger partial charge in [0.25, 0.3) is 0 Å². The average molecular weight is 303 g/mol. The lowest BCUT2D eigenvalue weighted by atomic mass is 10.2. The van der Waals surface area contributed by atoms with Crippen LogP contribution in [0.4, 0.5) is 13.2 Å². The van der Waals surface area contributed by atoms with E-state index in [2.05, 4.69) is 24.9 Å². The second-order valence-electron chi connectivity index (χ2n) is 4.20. The third-order valence-corrected chi connectivity index (χ3v) is 3.22. The first-order valence-electron chi connectivity index (χ1n) is 6.09. The number of alkyl halides is 3. The second kappa shape index (κ2) is 7.74. The summed E-state index contributed by atoms with van der Waals surface area (Å²) < 4.78 is 57.5. The summed E-state index contributed by atoms with van der Waals surface area (Å²) in [4.78, 5) is 2.46. The van der Waals surface area contributed by atoms with Crippen molar-refractivity contribution < 1.29 is 26.1 Å². The molecule has 114 valence electrons. The number of nitrogens with zero attached hydrogens (tertiary/aromatic N) is 1. The van der Waals surface area contributed by atoms with E-state index in [1.807, 2.05) is 0 Å². The zero-order valence-corrected chi connectivity index (χ0v) is 11.9. The summed E-state index contributed by atoms with van der Waals surface area (Å²) in [7, 11) is -5.84. The summed E-state index contributed by atoms with van der Waals surface area (Å²) in [6.07, 6.45) is 7.55. The molecule has 0 unspecified atom stereocenters. The Morgan fingerprint density at radius 3 is 2.21 bits per heavy atom. The molecule has 0 atom stereocenters. The SMILES string of the molecule is CCCCN1C=C(CC)CC1.O=S(=O)(O)C(F)(F)F. The van der Waals surface area contributed by atoms with Crippen LogP contribution in [0.3, 0.4) is 0 Å². The highest BCUT2D eigenvalue weighted by Gasteiger charge is 2.44. The third kappa shape index (κ3) is 7.41. The van der Waals surface area contributed by atoms with Crippen LogP contribution in [0.1, 0.15) is 39.5 Å². The van der Waals surface area contributed by atoms with E-state index in [-0.39, 0.29) is 0 Å². The molecular weight excluding hydrogens is 283 g/mol. The zero-order chi connectivity index (χ0) is 15.1. The summed E-state index contributed by atoms with van der Waals surface area (Å²) in [5.41, 5.74) is -3.91. The average Bonchev–Trinajstić information content (AvgIpc) is 2.72. The number of rotatable bonds is 4. The van der Waals surface area contributed by atoms with Crippen molar-refractivity contribution >= 4 is 10.1 Å². The predicted octanol–water partition coefficient (Wildman–Crippen LogP) is 3.18. The first-order chi connectivity index (χ1) is 8.61. The van der Waals surface area contributed by atoms with Crippen molar-refractivity contribution in [1.82, 2.24) is 4.90 Å². The fraction of sp³-hybridized carbons (Fsp3) is 0.818. The molecule has 1 rings (SSSR count). The van der Waals surface area contributed by atoms with Crippen LogP contribution in [0, 0.1) is 0 Å². The molecule has 1 heterocycles. The molecule has 0 fully saturated rings. The Labute approximate surface area is 112 Å². The molecule has 0 saturated carbocycles. The van der Waals surface area contributed by atoms with E-state index in [0.29, 0.717) is 0 Å². The smallest absolute Gasteiger partial charge is 0.377 e. The standard InChI is InChI=1S/C10H19N.CHF3O3S/c1-3-5-7-11-8-6-10(4-2)9-11;2-1(3,4)8(5,6)7/h9H,3-8H2,1-2H3;(H,5,6,7). The summed E-state index contributed by atoms with van der Waals surface area (Å²) in [5.74, 6) is 0. The largest absolute Gasteiger partial charge is 0.522 e. The highest BCUT2D eigenvalue weighted by Crippen LogP contribution is 2.20. The van der Waals surface area contributed by atoms with E-state index >= 15 is 0 Å². The van der Waals surface area contributed by atoms with Gasteiger partial charge in [0.2, 0.25) is 0 Å². The predicted molar refractivity (Wildman–Crippen MR) is 67.1 cm³/mol. The van der Waals surface area contributed by atoms with Crippen molar-refractivity contribution in [3.05, 3.63) is 11.8 Å². The van der Waals surface area contributed by atoms with Crippen LogP contribution in [0.25, 0.3) is 0 Å². The molecule has 8 heteroatoms. The van der Waals surface area contributed by atoms with E-state index in [1.165, 1.54) is 38.8 Å². The van der Waals surface area contributed by atoms with Crippen molar-refractivity contribution in [1.29, 1.82) is 0 Å². The number of halogens is 3. The van der Waals surface area contributed by atoms with Gasteiger partial charge in [0.1, 0.15) is 0 Å². The Morgan fingerprint density at radius 1 is 1.37 bits per heavy atom. The highest BCUT2D eigenvalue weighted by atomic mass is 32.2. The van der Waals surface area contributed by atoms with Gasteiger partial charge in [-0.2, -0.15) is 21.6 Å². The summed E-state index contributed by atoms with van der Waals surface area (Å²) in [6, 6.07) is 0. The van der Waals surface area contributed by atoms with Gasteiger partial charge in [-0.1, -0.05) is 25.8 Å². The minimum absolute atomic E-state index is 1.24. The molecule has 19 heavy (non-hydrogen) atoms. The van der Waals surface area contributed by atoms with Crippen LogP contribution in [-0.4, -0.2) is 36.5 Å². The fourth-order valence-corrected chi connectivity index (χ4v) is 1.48. The first-order valence-corrected chi connectivity index (χ1v) is 7.53. The van der Waals surface area contributed by atoms with Crippen LogP contribution in [0.2, 0.25) is 0 Å². The fourth-order valence-electron chi connectivity index (χ4n) is 1.48. The van der Waals surface area contributed by atoms with E-state index in [1.54, 1.807) is 5.57 Å². The van der Waals surface area contributed by atoms with E-state index in [4.69, 9.17) is 13.0 Å². The Bertz CT molecular complexity index is 390. The Morgan fingerprint density at radius 2 is 1.89 bits per heavy atom. The molecule has 1 N–H and O–H groups in total. The molecule has 0 amide bonds. The molecule has 1 aliphatic rings. The zero-order valence-electron chi connectivity index (χ0n) is 11.1. The van der Waals surface area contributed by atoms with Crippen molar-refractivity contribution in [3.8, 4) is 0 Å². The molecule has 0 aromatic heterocycles. The van der Waals surface area contributed by atoms with Gasteiger partial charge in [-0.05, 0) is 25.5 Å². The van der Waals surface area contributed by atoms with Crippen molar-refractivity contribution in [2.24, 2.45) is 0 Å². The van der Waals surface area contributed by atoms with Crippen LogP contribution in [0.15, 0.2) is 11.8 Å². The lowest BCUT2D eigenvalue weighted by Crippen LogP contribution is -2.21. The molecule has 0 aromatic carbocycles. The first kappa shape index (κ1) is 18.2. The van der Waals surface area contributed by atoms with Crippen molar-refractivity contribution in [2.45, 2.75) is 45.0 Å². The van der Waals surface area contributed by atoms with Gasteiger partial charge in [-0.3, -0.25) is 4.55 Å². The molecule has 0 bridgehead atoms. The van der Waals surface area contributed by atoms with Gasteiger partial charge < -0.3 is 4.90 Å². The molecule has 4 nitrogen and oxygen atoms in total. The topological polar surface area (TPSA) is 57.6 Å². The number of unbranched alkanes of at least 4 members (excludes halogenated alkanes) is 1. The van der Waals surface area contributed by atoms with E-state index < -0.39 is 15.6 Å². The Balaban J connectivity index is 0.000000362. The van der Waals surface area contributed by atoms with Crippen LogP contribution >= 0.6 is 0 Å². The van der Waals surface area contributed by atoms with Crippen molar-refractivity contribution in [3.63, 3.8) is 0 Å². The molecule has 1 aliphatic heterocycles. The second-order valence-corrected chi connectivity index (χ2v) is 5.61. The van der Waals surface area contributed by atoms with Gasteiger partial charge in [-0.15, -0.1) is 0 Å². The molecule has 0 radical (unpaired) electrons. The van der Waals surface area contributed by atoms with E-state index in [0.717, 1.165) is 0 Å². The minimum Gasteiger partial charge on any atom is -0.377 e. The minimum atomic E-state index is -5.84.